The van der Waals surface area contributed by atoms with Crippen LogP contribution in [0, 0.1) is 11.3 Å². The molecule has 0 spiro atoms. The third kappa shape index (κ3) is 3.20. The molecule has 3 unspecified atom stereocenters. The normalized spacial score (nSPS) is 28.9. The van der Waals surface area contributed by atoms with Gasteiger partial charge in [-0.2, -0.15) is 0 Å². The molecule has 0 bridgehead atoms. The molecule has 3 atom stereocenters. The third-order valence-electron chi connectivity index (χ3n) is 3.52. The Morgan fingerprint density at radius 1 is 1.47 bits per heavy atom. The smallest absolute Gasteiger partial charge is 0.224 e. The maximum atomic E-state index is 12.0. The van der Waals surface area contributed by atoms with Crippen molar-refractivity contribution in [1.29, 1.82) is 0 Å². The second-order valence-electron chi connectivity index (χ2n) is 5.73. The van der Waals surface area contributed by atoms with Gasteiger partial charge in [-0.3, -0.25) is 4.79 Å². The molecule has 1 aliphatic rings. The van der Waals surface area contributed by atoms with E-state index in [1.54, 1.807) is 0 Å². The molecule has 3 heteroatoms. The van der Waals surface area contributed by atoms with Crippen molar-refractivity contribution in [3.8, 4) is 0 Å². The number of rotatable bonds is 2. The highest BCUT2D eigenvalue weighted by Crippen LogP contribution is 2.21. The molecule has 1 heterocycles. The first kappa shape index (κ1) is 12.5. The fourth-order valence-electron chi connectivity index (χ4n) is 1.75. The van der Waals surface area contributed by atoms with Crippen LogP contribution in [0.5, 0.6) is 0 Å². The largest absolute Gasteiger partial charge is 0.353 e. The van der Waals surface area contributed by atoms with Crippen molar-refractivity contribution in [3.05, 3.63) is 0 Å². The van der Waals surface area contributed by atoms with Gasteiger partial charge in [0.2, 0.25) is 5.91 Å². The van der Waals surface area contributed by atoms with Crippen molar-refractivity contribution in [1.82, 2.24) is 10.6 Å². The zero-order chi connectivity index (χ0) is 11.6. The highest BCUT2D eigenvalue weighted by atomic mass is 16.2. The molecule has 0 aromatic heterocycles. The minimum absolute atomic E-state index is 0.130. The summed E-state index contributed by atoms with van der Waals surface area (Å²) in [5.41, 5.74) is 0.130. The molecule has 1 rings (SSSR count). The molecule has 1 amide bonds. The number of hydrogen-bond donors (Lipinski definition) is 2. The molecule has 2 N–H and O–H groups in total. The van der Waals surface area contributed by atoms with Crippen molar-refractivity contribution in [2.24, 2.45) is 11.3 Å². The van der Waals surface area contributed by atoms with Crippen LogP contribution in [0.3, 0.4) is 0 Å². The average molecular weight is 212 g/mol. The third-order valence-corrected chi connectivity index (χ3v) is 3.52. The molecule has 3 nitrogen and oxygen atoms in total. The highest BCUT2D eigenvalue weighted by Gasteiger charge is 2.31. The van der Waals surface area contributed by atoms with Crippen LogP contribution in [-0.2, 0) is 4.79 Å². The Labute approximate surface area is 93.0 Å². The van der Waals surface area contributed by atoms with Gasteiger partial charge in [-0.1, -0.05) is 20.8 Å². The van der Waals surface area contributed by atoms with Gasteiger partial charge < -0.3 is 10.6 Å². The van der Waals surface area contributed by atoms with Gasteiger partial charge in [-0.25, -0.2) is 0 Å². The number of carbonyl (C=O) groups excluding carboxylic acids is 1. The summed E-state index contributed by atoms with van der Waals surface area (Å²) >= 11 is 0. The molecule has 0 radical (unpaired) electrons. The van der Waals surface area contributed by atoms with Gasteiger partial charge in [0.15, 0.2) is 0 Å². The predicted octanol–water partition coefficient (Wildman–Crippen LogP) is 1.54. The van der Waals surface area contributed by atoms with Crippen LogP contribution in [0.2, 0.25) is 0 Å². The summed E-state index contributed by atoms with van der Waals surface area (Å²) in [5, 5.41) is 6.41. The maximum Gasteiger partial charge on any atom is 0.224 e. The van der Waals surface area contributed by atoms with Crippen molar-refractivity contribution in [2.45, 2.75) is 53.1 Å². The van der Waals surface area contributed by atoms with Gasteiger partial charge in [0, 0.05) is 12.1 Å². The van der Waals surface area contributed by atoms with Gasteiger partial charge >= 0.3 is 0 Å². The van der Waals surface area contributed by atoms with E-state index in [9.17, 15) is 4.79 Å². The van der Waals surface area contributed by atoms with Crippen LogP contribution >= 0.6 is 0 Å². The Balaban J connectivity index is 2.48. The minimum atomic E-state index is 0.130. The summed E-state index contributed by atoms with van der Waals surface area (Å²) < 4.78 is 0. The van der Waals surface area contributed by atoms with Crippen LogP contribution in [0.15, 0.2) is 0 Å². The van der Waals surface area contributed by atoms with Crippen molar-refractivity contribution >= 4 is 5.91 Å². The lowest BCUT2D eigenvalue weighted by molar-refractivity contribution is -0.126. The van der Waals surface area contributed by atoms with E-state index in [1.807, 2.05) is 0 Å². The molecule has 15 heavy (non-hydrogen) atoms. The fourth-order valence-corrected chi connectivity index (χ4v) is 1.75. The van der Waals surface area contributed by atoms with E-state index in [0.29, 0.717) is 6.04 Å². The van der Waals surface area contributed by atoms with Crippen LogP contribution in [0.1, 0.15) is 41.0 Å². The lowest BCUT2D eigenvalue weighted by atomic mass is 9.87. The summed E-state index contributed by atoms with van der Waals surface area (Å²) in [6, 6.07) is 0.537. The summed E-state index contributed by atoms with van der Waals surface area (Å²) in [4.78, 5) is 12.0. The lowest BCUT2D eigenvalue weighted by Crippen LogP contribution is -2.46. The molecule has 0 saturated carbocycles. The van der Waals surface area contributed by atoms with Crippen LogP contribution < -0.4 is 10.6 Å². The van der Waals surface area contributed by atoms with Crippen molar-refractivity contribution in [3.63, 3.8) is 0 Å². The molecule has 0 aliphatic carbocycles. The minimum Gasteiger partial charge on any atom is -0.353 e. The zero-order valence-corrected chi connectivity index (χ0v) is 10.6. The lowest BCUT2D eigenvalue weighted by Gasteiger charge is -2.29. The molecular formula is C12H24N2O. The van der Waals surface area contributed by atoms with Crippen LogP contribution in [0.4, 0.5) is 0 Å². The van der Waals surface area contributed by atoms with E-state index in [0.717, 1.165) is 13.0 Å². The number of amides is 1. The van der Waals surface area contributed by atoms with E-state index in [-0.39, 0.29) is 23.3 Å². The monoisotopic (exact) mass is 212 g/mol. The molecule has 1 fully saturated rings. The Bertz CT molecular complexity index is 232. The SMILES string of the molecule is CC1NCCC1C(=O)NC(C)C(C)(C)C. The summed E-state index contributed by atoms with van der Waals surface area (Å²) in [5.74, 6) is 0.352. The van der Waals surface area contributed by atoms with Crippen molar-refractivity contribution in [2.75, 3.05) is 6.54 Å². The van der Waals surface area contributed by atoms with Gasteiger partial charge in [-0.15, -0.1) is 0 Å². The molecule has 1 saturated heterocycles. The van der Waals surface area contributed by atoms with Gasteiger partial charge in [0.25, 0.3) is 0 Å². The van der Waals surface area contributed by atoms with Crippen LogP contribution in [-0.4, -0.2) is 24.5 Å². The second-order valence-corrected chi connectivity index (χ2v) is 5.73. The number of nitrogens with one attached hydrogen (secondary N) is 2. The van der Waals surface area contributed by atoms with Crippen LogP contribution in [0.25, 0.3) is 0 Å². The Kier molecular flexibility index (Phi) is 3.77. The highest BCUT2D eigenvalue weighted by molar-refractivity contribution is 5.80. The van der Waals surface area contributed by atoms with Gasteiger partial charge in [0.1, 0.15) is 0 Å². The predicted molar refractivity (Wildman–Crippen MR) is 62.6 cm³/mol. The molecular weight excluding hydrogens is 188 g/mol. The molecule has 0 aromatic carbocycles. The topological polar surface area (TPSA) is 41.1 Å². The first-order valence-electron chi connectivity index (χ1n) is 5.86. The summed E-state index contributed by atoms with van der Waals surface area (Å²) in [6.45, 7) is 11.6. The van der Waals surface area contributed by atoms with E-state index < -0.39 is 0 Å². The zero-order valence-electron chi connectivity index (χ0n) is 10.6. The first-order chi connectivity index (χ1) is 6.82. The molecule has 88 valence electrons. The number of hydrogen-bond acceptors (Lipinski definition) is 2. The number of carbonyl (C=O) groups is 1. The Hall–Kier alpha value is -0.570. The van der Waals surface area contributed by atoms with E-state index in [2.05, 4.69) is 45.3 Å². The van der Waals surface area contributed by atoms with Gasteiger partial charge in [0.05, 0.1) is 5.92 Å². The van der Waals surface area contributed by atoms with E-state index >= 15 is 0 Å². The summed E-state index contributed by atoms with van der Waals surface area (Å²) in [6.07, 6.45) is 0.962. The van der Waals surface area contributed by atoms with Gasteiger partial charge in [-0.05, 0) is 32.2 Å². The maximum absolute atomic E-state index is 12.0. The summed E-state index contributed by atoms with van der Waals surface area (Å²) in [7, 11) is 0. The molecule has 0 aromatic rings. The Morgan fingerprint density at radius 2 is 2.07 bits per heavy atom. The van der Waals surface area contributed by atoms with E-state index in [4.69, 9.17) is 0 Å². The quantitative estimate of drug-likeness (QED) is 0.729. The van der Waals surface area contributed by atoms with Crippen molar-refractivity contribution < 1.29 is 4.79 Å². The second kappa shape index (κ2) is 4.52. The van der Waals surface area contributed by atoms with E-state index in [1.165, 1.54) is 0 Å². The molecule has 1 aliphatic heterocycles. The Morgan fingerprint density at radius 3 is 2.47 bits per heavy atom. The average Bonchev–Trinajstić information content (AvgIpc) is 2.49. The fraction of sp³-hybridized carbons (Fsp3) is 0.917. The first-order valence-corrected chi connectivity index (χ1v) is 5.86. The standard InChI is InChI=1S/C12H24N2O/c1-8-10(6-7-13-8)11(15)14-9(2)12(3,4)5/h8-10,13H,6-7H2,1-5H3,(H,14,15).